The van der Waals surface area contributed by atoms with Crippen LogP contribution in [-0.2, 0) is 5.41 Å². The van der Waals surface area contributed by atoms with Crippen molar-refractivity contribution >= 4 is 46.3 Å². The van der Waals surface area contributed by atoms with Gasteiger partial charge in [0.1, 0.15) is 0 Å². The van der Waals surface area contributed by atoms with Gasteiger partial charge in [-0.15, -0.1) is 0 Å². The SMILES string of the molecule is Cc1cccc(N(c2ccc(-c3ccc(/C=C/c4ccc(N(c5ccccc5)c5ccccc5)cc4)cc3)cc2)c2ccc(C(C)(C)C)cc2)c1. The molecule has 0 atom stereocenters. The third-order valence-corrected chi connectivity index (χ3v) is 9.27. The Labute approximate surface area is 303 Å². The van der Waals surface area contributed by atoms with Crippen molar-refractivity contribution in [2.75, 3.05) is 9.80 Å². The zero-order valence-corrected chi connectivity index (χ0v) is 29.9. The molecule has 0 fully saturated rings. The van der Waals surface area contributed by atoms with E-state index in [1.54, 1.807) is 0 Å². The molecule has 0 radical (unpaired) electrons. The summed E-state index contributed by atoms with van der Waals surface area (Å²) in [5, 5.41) is 0. The van der Waals surface area contributed by atoms with Crippen LogP contribution in [0.5, 0.6) is 0 Å². The van der Waals surface area contributed by atoms with Crippen molar-refractivity contribution in [2.45, 2.75) is 33.1 Å². The van der Waals surface area contributed by atoms with Gasteiger partial charge in [-0.05, 0) is 119 Å². The molecule has 51 heavy (non-hydrogen) atoms. The van der Waals surface area contributed by atoms with E-state index in [0.717, 1.165) is 39.7 Å². The Morgan fingerprint density at radius 2 is 0.745 bits per heavy atom. The maximum Gasteiger partial charge on any atom is 0.0464 e. The summed E-state index contributed by atoms with van der Waals surface area (Å²) in [5.74, 6) is 0. The van der Waals surface area contributed by atoms with Crippen LogP contribution in [0.25, 0.3) is 23.3 Å². The predicted molar refractivity (Wildman–Crippen MR) is 220 cm³/mol. The molecule has 0 unspecified atom stereocenters. The minimum absolute atomic E-state index is 0.110. The van der Waals surface area contributed by atoms with Crippen molar-refractivity contribution in [3.05, 3.63) is 204 Å². The summed E-state index contributed by atoms with van der Waals surface area (Å²) in [6.07, 6.45) is 4.36. The smallest absolute Gasteiger partial charge is 0.0464 e. The molecule has 7 aromatic rings. The Morgan fingerprint density at radius 3 is 1.22 bits per heavy atom. The number of hydrogen-bond donors (Lipinski definition) is 0. The van der Waals surface area contributed by atoms with E-state index < -0.39 is 0 Å². The van der Waals surface area contributed by atoms with Gasteiger partial charge in [-0.1, -0.05) is 142 Å². The van der Waals surface area contributed by atoms with E-state index in [4.69, 9.17) is 0 Å². The Morgan fingerprint density at radius 1 is 0.373 bits per heavy atom. The fourth-order valence-electron chi connectivity index (χ4n) is 6.44. The van der Waals surface area contributed by atoms with Crippen molar-refractivity contribution in [1.82, 2.24) is 0 Å². The van der Waals surface area contributed by atoms with Gasteiger partial charge in [0.05, 0.1) is 0 Å². The van der Waals surface area contributed by atoms with Crippen LogP contribution in [0.3, 0.4) is 0 Å². The van der Waals surface area contributed by atoms with Crippen molar-refractivity contribution in [3.8, 4) is 11.1 Å². The number of aryl methyl sites for hydroxylation is 1. The highest BCUT2D eigenvalue weighted by Gasteiger charge is 2.17. The van der Waals surface area contributed by atoms with Crippen LogP contribution in [0.1, 0.15) is 43.0 Å². The van der Waals surface area contributed by atoms with Gasteiger partial charge < -0.3 is 9.80 Å². The summed E-state index contributed by atoms with van der Waals surface area (Å²) in [6, 6.07) is 65.1. The summed E-state index contributed by atoms with van der Waals surface area (Å²) in [6.45, 7) is 8.92. The molecule has 0 aliphatic heterocycles. The van der Waals surface area contributed by atoms with Crippen molar-refractivity contribution in [3.63, 3.8) is 0 Å². The Hall–Kier alpha value is -6.12. The minimum atomic E-state index is 0.110. The molecule has 0 amide bonds. The van der Waals surface area contributed by atoms with Crippen LogP contribution in [0.2, 0.25) is 0 Å². The quantitative estimate of drug-likeness (QED) is 0.142. The molecule has 0 aromatic heterocycles. The van der Waals surface area contributed by atoms with Gasteiger partial charge >= 0.3 is 0 Å². The molecule has 0 N–H and O–H groups in total. The first-order valence-corrected chi connectivity index (χ1v) is 17.7. The van der Waals surface area contributed by atoms with Crippen LogP contribution in [-0.4, -0.2) is 0 Å². The molecule has 0 saturated carbocycles. The summed E-state index contributed by atoms with van der Waals surface area (Å²) in [7, 11) is 0. The number of anilines is 6. The fraction of sp³-hybridized carbons (Fsp3) is 0.102. The highest BCUT2D eigenvalue weighted by molar-refractivity contribution is 5.80. The molecular weight excluding hydrogens is 617 g/mol. The zero-order chi connectivity index (χ0) is 35.2. The third-order valence-electron chi connectivity index (χ3n) is 9.27. The van der Waals surface area contributed by atoms with Crippen LogP contribution < -0.4 is 9.80 Å². The Balaban J connectivity index is 1.07. The van der Waals surface area contributed by atoms with E-state index in [2.05, 4.69) is 232 Å². The number of hydrogen-bond acceptors (Lipinski definition) is 2. The van der Waals surface area contributed by atoms with Crippen LogP contribution in [0.15, 0.2) is 182 Å². The van der Waals surface area contributed by atoms with Crippen molar-refractivity contribution < 1.29 is 0 Å². The van der Waals surface area contributed by atoms with E-state index in [1.807, 2.05) is 0 Å². The van der Waals surface area contributed by atoms with E-state index in [-0.39, 0.29) is 5.41 Å². The summed E-state index contributed by atoms with van der Waals surface area (Å²) < 4.78 is 0. The molecule has 0 aliphatic rings. The van der Waals surface area contributed by atoms with Gasteiger partial charge in [-0.2, -0.15) is 0 Å². The number of rotatable bonds is 9. The Kier molecular flexibility index (Phi) is 9.67. The summed E-state index contributed by atoms with van der Waals surface area (Å²) in [5.41, 5.74) is 14.2. The third kappa shape index (κ3) is 7.87. The lowest BCUT2D eigenvalue weighted by Gasteiger charge is -2.27. The second-order valence-corrected chi connectivity index (χ2v) is 14.1. The largest absolute Gasteiger partial charge is 0.311 e. The first-order valence-electron chi connectivity index (χ1n) is 17.7. The normalized spacial score (nSPS) is 11.5. The van der Waals surface area contributed by atoms with Crippen LogP contribution in [0, 0.1) is 6.92 Å². The number of para-hydroxylation sites is 2. The van der Waals surface area contributed by atoms with Crippen molar-refractivity contribution in [1.29, 1.82) is 0 Å². The monoisotopic (exact) mass is 660 g/mol. The van der Waals surface area contributed by atoms with E-state index in [1.165, 1.54) is 27.8 Å². The molecule has 7 rings (SSSR count). The summed E-state index contributed by atoms with van der Waals surface area (Å²) >= 11 is 0. The number of benzene rings is 7. The molecule has 0 saturated heterocycles. The zero-order valence-electron chi connectivity index (χ0n) is 29.9. The molecule has 0 aliphatic carbocycles. The maximum absolute atomic E-state index is 2.34. The van der Waals surface area contributed by atoms with E-state index in [0.29, 0.717) is 0 Å². The molecule has 0 heterocycles. The van der Waals surface area contributed by atoms with E-state index >= 15 is 0 Å². The average Bonchev–Trinajstić information content (AvgIpc) is 3.16. The fourth-order valence-corrected chi connectivity index (χ4v) is 6.44. The molecular formula is C49H44N2. The lowest BCUT2D eigenvalue weighted by molar-refractivity contribution is 0.590. The maximum atomic E-state index is 2.34. The molecule has 0 bridgehead atoms. The highest BCUT2D eigenvalue weighted by Crippen LogP contribution is 2.38. The molecule has 250 valence electrons. The second kappa shape index (κ2) is 14.8. The van der Waals surface area contributed by atoms with Gasteiger partial charge in [-0.25, -0.2) is 0 Å². The first-order chi connectivity index (χ1) is 24.8. The summed E-state index contributed by atoms with van der Waals surface area (Å²) in [4.78, 5) is 4.62. The predicted octanol–water partition coefficient (Wildman–Crippen LogP) is 14.1. The number of nitrogens with zero attached hydrogens (tertiary/aromatic N) is 2. The minimum Gasteiger partial charge on any atom is -0.311 e. The van der Waals surface area contributed by atoms with Gasteiger partial charge in [0, 0.05) is 34.1 Å². The Bertz CT molecular complexity index is 2150. The van der Waals surface area contributed by atoms with Gasteiger partial charge in [0.2, 0.25) is 0 Å². The van der Waals surface area contributed by atoms with Crippen LogP contribution >= 0.6 is 0 Å². The highest BCUT2D eigenvalue weighted by atomic mass is 15.1. The lowest BCUT2D eigenvalue weighted by atomic mass is 9.87. The van der Waals surface area contributed by atoms with Crippen LogP contribution in [0.4, 0.5) is 34.1 Å². The molecule has 0 spiro atoms. The lowest BCUT2D eigenvalue weighted by Crippen LogP contribution is -2.13. The topological polar surface area (TPSA) is 6.48 Å². The van der Waals surface area contributed by atoms with Gasteiger partial charge in [-0.3, -0.25) is 0 Å². The van der Waals surface area contributed by atoms with Gasteiger partial charge in [0.25, 0.3) is 0 Å². The van der Waals surface area contributed by atoms with Crippen molar-refractivity contribution in [2.24, 2.45) is 0 Å². The standard InChI is InChI=1S/C49H44N2/c1-37-12-11-17-48(36-37)51(47-34-28-42(29-35-47)49(2,3)4)46-32-26-41(27-33-46)40-24-20-38(21-25-40)18-19-39-22-30-45(31-23-39)50(43-13-7-5-8-14-43)44-15-9-6-10-16-44/h5-36H,1-4H3/b19-18+. The second-order valence-electron chi connectivity index (χ2n) is 14.1. The molecule has 2 heteroatoms. The first kappa shape index (κ1) is 33.4. The molecule has 2 nitrogen and oxygen atoms in total. The van der Waals surface area contributed by atoms with E-state index in [9.17, 15) is 0 Å². The molecule has 7 aromatic carbocycles. The average molecular weight is 661 g/mol. The van der Waals surface area contributed by atoms with Gasteiger partial charge in [0.15, 0.2) is 0 Å².